The first-order valence-electron chi connectivity index (χ1n) is 8.99. The predicted molar refractivity (Wildman–Crippen MR) is 108 cm³/mol. The highest BCUT2D eigenvalue weighted by Gasteiger charge is 2.21. The zero-order valence-electron chi connectivity index (χ0n) is 15.7. The maximum Gasteiger partial charge on any atom is 0.347 e. The molecule has 0 aliphatic carbocycles. The van der Waals surface area contributed by atoms with Gasteiger partial charge in [-0.15, -0.1) is 11.3 Å². The molecule has 7 heteroatoms. The van der Waals surface area contributed by atoms with Crippen LogP contribution in [0.4, 0.5) is 4.39 Å². The van der Waals surface area contributed by atoms with E-state index in [0.717, 1.165) is 10.4 Å². The van der Waals surface area contributed by atoms with E-state index in [4.69, 9.17) is 9.47 Å². The van der Waals surface area contributed by atoms with E-state index in [0.29, 0.717) is 5.75 Å². The van der Waals surface area contributed by atoms with Crippen LogP contribution in [0, 0.1) is 5.82 Å². The molecule has 0 aliphatic heterocycles. The van der Waals surface area contributed by atoms with Crippen LogP contribution in [0.15, 0.2) is 72.1 Å². The van der Waals surface area contributed by atoms with Gasteiger partial charge in [-0.25, -0.2) is 9.18 Å². The Morgan fingerprint density at radius 2 is 1.76 bits per heavy atom. The summed E-state index contributed by atoms with van der Waals surface area (Å²) in [4.78, 5) is 25.5. The summed E-state index contributed by atoms with van der Waals surface area (Å²) in [6.45, 7) is 1.08. The fourth-order valence-electron chi connectivity index (χ4n) is 2.64. The molecule has 0 aliphatic rings. The van der Waals surface area contributed by atoms with Gasteiger partial charge < -0.3 is 14.8 Å². The molecule has 2 aromatic carbocycles. The van der Waals surface area contributed by atoms with E-state index in [1.54, 1.807) is 0 Å². The second-order valence-corrected chi connectivity index (χ2v) is 7.23. The van der Waals surface area contributed by atoms with Crippen LogP contribution in [0.3, 0.4) is 0 Å². The van der Waals surface area contributed by atoms with Crippen molar-refractivity contribution in [1.82, 2.24) is 5.32 Å². The molecule has 2 atom stereocenters. The van der Waals surface area contributed by atoms with Crippen molar-refractivity contribution >= 4 is 23.2 Å². The van der Waals surface area contributed by atoms with Crippen LogP contribution in [0.1, 0.15) is 23.4 Å². The third-order valence-electron chi connectivity index (χ3n) is 4.07. The standard InChI is InChI=1S/C22H20FNO4S/c1-15(28-18-11-9-17(23)10-12-18)22(26)27-14-20(25)24-21(19-8-5-13-29-19)16-6-3-2-4-7-16/h2-13,15,21H,14H2,1H3,(H,24,25)/t15-,21-/m0/s1. The van der Waals surface area contributed by atoms with E-state index in [1.807, 2.05) is 47.8 Å². The minimum Gasteiger partial charge on any atom is -0.479 e. The lowest BCUT2D eigenvalue weighted by molar-refractivity contribution is -0.154. The fraction of sp³-hybridized carbons (Fsp3) is 0.182. The van der Waals surface area contributed by atoms with E-state index in [2.05, 4.69) is 5.32 Å². The van der Waals surface area contributed by atoms with Crippen LogP contribution in [-0.4, -0.2) is 24.6 Å². The van der Waals surface area contributed by atoms with Crippen LogP contribution in [0.5, 0.6) is 5.75 Å². The highest BCUT2D eigenvalue weighted by atomic mass is 32.1. The maximum absolute atomic E-state index is 12.9. The summed E-state index contributed by atoms with van der Waals surface area (Å²) in [5.74, 6) is -1.17. The minimum atomic E-state index is -0.935. The minimum absolute atomic E-state index is 0.324. The molecule has 0 saturated heterocycles. The van der Waals surface area contributed by atoms with E-state index in [-0.39, 0.29) is 6.04 Å². The SMILES string of the molecule is C[C@H](Oc1ccc(F)cc1)C(=O)OCC(=O)N[C@@H](c1ccccc1)c1cccs1. The second kappa shape index (κ2) is 9.84. The molecule has 1 amide bonds. The van der Waals surface area contributed by atoms with Gasteiger partial charge in [0.25, 0.3) is 5.91 Å². The Kier molecular flexibility index (Phi) is 6.97. The molecule has 0 bridgehead atoms. The molecule has 0 fully saturated rings. The van der Waals surface area contributed by atoms with Crippen molar-refractivity contribution in [3.8, 4) is 5.75 Å². The Morgan fingerprint density at radius 3 is 2.41 bits per heavy atom. The number of rotatable bonds is 8. The lowest BCUT2D eigenvalue weighted by atomic mass is 10.1. The van der Waals surface area contributed by atoms with Gasteiger partial charge in [0.05, 0.1) is 6.04 Å². The largest absolute Gasteiger partial charge is 0.479 e. The fourth-order valence-corrected chi connectivity index (χ4v) is 3.44. The van der Waals surface area contributed by atoms with Crippen LogP contribution < -0.4 is 10.1 Å². The molecule has 3 aromatic rings. The number of halogens is 1. The molecule has 150 valence electrons. The Hall–Kier alpha value is -3.19. The van der Waals surface area contributed by atoms with Crippen molar-refractivity contribution in [2.75, 3.05) is 6.61 Å². The maximum atomic E-state index is 12.9. The van der Waals surface area contributed by atoms with Gasteiger partial charge in [-0.2, -0.15) is 0 Å². The molecule has 1 N–H and O–H groups in total. The summed E-state index contributed by atoms with van der Waals surface area (Å²) in [7, 11) is 0. The Morgan fingerprint density at radius 1 is 1.03 bits per heavy atom. The van der Waals surface area contributed by atoms with Crippen molar-refractivity contribution in [3.63, 3.8) is 0 Å². The highest BCUT2D eigenvalue weighted by Crippen LogP contribution is 2.25. The van der Waals surface area contributed by atoms with Crippen molar-refractivity contribution in [2.24, 2.45) is 0 Å². The Bertz CT molecular complexity index is 929. The van der Waals surface area contributed by atoms with Gasteiger partial charge in [0.2, 0.25) is 0 Å². The average Bonchev–Trinajstić information content (AvgIpc) is 3.27. The number of benzene rings is 2. The molecule has 0 unspecified atom stereocenters. The predicted octanol–water partition coefficient (Wildman–Crippen LogP) is 4.10. The monoisotopic (exact) mass is 413 g/mol. The van der Waals surface area contributed by atoms with Gasteiger partial charge in [-0.1, -0.05) is 36.4 Å². The van der Waals surface area contributed by atoms with Crippen molar-refractivity contribution in [3.05, 3.63) is 88.4 Å². The topological polar surface area (TPSA) is 64.6 Å². The first kappa shape index (κ1) is 20.5. The zero-order valence-corrected chi connectivity index (χ0v) is 16.5. The molecular weight excluding hydrogens is 393 g/mol. The number of amides is 1. The molecule has 0 saturated carbocycles. The van der Waals surface area contributed by atoms with Gasteiger partial charge in [-0.05, 0) is 48.2 Å². The first-order chi connectivity index (χ1) is 14.0. The highest BCUT2D eigenvalue weighted by molar-refractivity contribution is 7.10. The van der Waals surface area contributed by atoms with Crippen LogP contribution in [0.25, 0.3) is 0 Å². The average molecular weight is 413 g/mol. The summed E-state index contributed by atoms with van der Waals surface area (Å²) < 4.78 is 23.4. The van der Waals surface area contributed by atoms with E-state index in [1.165, 1.54) is 42.5 Å². The summed E-state index contributed by atoms with van der Waals surface area (Å²) >= 11 is 1.53. The lowest BCUT2D eigenvalue weighted by Crippen LogP contribution is -2.35. The van der Waals surface area contributed by atoms with Crippen molar-refractivity contribution in [2.45, 2.75) is 19.1 Å². The van der Waals surface area contributed by atoms with Crippen molar-refractivity contribution in [1.29, 1.82) is 0 Å². The first-order valence-corrected chi connectivity index (χ1v) is 9.87. The van der Waals surface area contributed by atoms with Gasteiger partial charge in [-0.3, -0.25) is 4.79 Å². The number of hydrogen-bond donors (Lipinski definition) is 1. The van der Waals surface area contributed by atoms with Gasteiger partial charge in [0.1, 0.15) is 11.6 Å². The van der Waals surface area contributed by atoms with Gasteiger partial charge >= 0.3 is 5.97 Å². The van der Waals surface area contributed by atoms with Crippen LogP contribution in [-0.2, 0) is 14.3 Å². The van der Waals surface area contributed by atoms with Gasteiger partial charge in [0, 0.05) is 4.88 Å². The summed E-state index contributed by atoms with van der Waals surface area (Å²) in [6, 6.07) is 18.4. The molecule has 0 spiro atoms. The van der Waals surface area contributed by atoms with E-state index in [9.17, 15) is 14.0 Å². The van der Waals surface area contributed by atoms with E-state index < -0.39 is 30.4 Å². The molecular formula is C22H20FNO4S. The Labute approximate surface area is 172 Å². The quantitative estimate of drug-likeness (QED) is 0.565. The van der Waals surface area contributed by atoms with E-state index >= 15 is 0 Å². The molecule has 1 heterocycles. The smallest absolute Gasteiger partial charge is 0.347 e. The summed E-state index contributed by atoms with van der Waals surface area (Å²) in [5.41, 5.74) is 0.933. The number of ether oxygens (including phenoxy) is 2. The van der Waals surface area contributed by atoms with Gasteiger partial charge in [0.15, 0.2) is 12.7 Å². The number of esters is 1. The number of thiophene rings is 1. The van der Waals surface area contributed by atoms with Crippen LogP contribution >= 0.6 is 11.3 Å². The third kappa shape index (κ3) is 5.89. The number of nitrogens with one attached hydrogen (secondary N) is 1. The summed E-state index contributed by atoms with van der Waals surface area (Å²) in [6.07, 6.45) is -0.935. The molecule has 5 nitrogen and oxygen atoms in total. The second-order valence-electron chi connectivity index (χ2n) is 6.25. The molecule has 1 aromatic heterocycles. The normalized spacial score (nSPS) is 12.6. The molecule has 29 heavy (non-hydrogen) atoms. The molecule has 0 radical (unpaired) electrons. The number of carbonyl (C=O) groups excluding carboxylic acids is 2. The number of carbonyl (C=O) groups is 2. The lowest BCUT2D eigenvalue weighted by Gasteiger charge is -2.19. The molecule has 3 rings (SSSR count). The van der Waals surface area contributed by atoms with Crippen molar-refractivity contribution < 1.29 is 23.5 Å². The van der Waals surface area contributed by atoms with Crippen LogP contribution in [0.2, 0.25) is 0 Å². The zero-order chi connectivity index (χ0) is 20.6. The Balaban J connectivity index is 1.55. The summed E-state index contributed by atoms with van der Waals surface area (Å²) in [5, 5.41) is 4.83. The number of hydrogen-bond acceptors (Lipinski definition) is 5. The third-order valence-corrected chi connectivity index (χ3v) is 5.01.